The molecule has 1 unspecified atom stereocenters. The van der Waals surface area contributed by atoms with Crippen LogP contribution in [0.25, 0.3) is 0 Å². The van der Waals surface area contributed by atoms with Gasteiger partial charge in [-0.25, -0.2) is 0 Å². The maximum atomic E-state index is 5.90. The molecule has 5 aliphatic rings. The van der Waals surface area contributed by atoms with Crippen LogP contribution in [-0.2, 0) is 4.74 Å². The summed E-state index contributed by atoms with van der Waals surface area (Å²) in [6.45, 7) is 0. The third kappa shape index (κ3) is 1.23. The van der Waals surface area contributed by atoms with Gasteiger partial charge in [0.1, 0.15) is 6.10 Å². The summed E-state index contributed by atoms with van der Waals surface area (Å²) in [5.74, 6) is 3.07. The monoisotopic (exact) mass is 216 g/mol. The van der Waals surface area contributed by atoms with Crippen molar-refractivity contribution in [2.45, 2.75) is 44.6 Å². The molecule has 0 aromatic carbocycles. The number of hydrogen-bond donors (Lipinski definition) is 0. The zero-order chi connectivity index (χ0) is 10.6. The van der Waals surface area contributed by atoms with Crippen LogP contribution in [-0.4, -0.2) is 6.10 Å². The van der Waals surface area contributed by atoms with Gasteiger partial charge in [0.15, 0.2) is 0 Å². The maximum Gasteiger partial charge on any atom is 0.122 e. The Labute approximate surface area is 97.6 Å². The fraction of sp³-hybridized carbons (Fsp3) is 0.733. The Hall–Kier alpha value is -0.720. The lowest BCUT2D eigenvalue weighted by molar-refractivity contribution is -0.108. The highest BCUT2D eigenvalue weighted by molar-refractivity contribution is 5.15. The largest absolute Gasteiger partial charge is 0.493 e. The average Bonchev–Trinajstić information content (AvgIpc) is 2.28. The van der Waals surface area contributed by atoms with E-state index in [0.29, 0.717) is 11.5 Å². The van der Waals surface area contributed by atoms with E-state index in [9.17, 15) is 0 Å². The van der Waals surface area contributed by atoms with E-state index in [1.807, 2.05) is 12.3 Å². The van der Waals surface area contributed by atoms with Crippen LogP contribution < -0.4 is 0 Å². The summed E-state index contributed by atoms with van der Waals surface area (Å²) in [4.78, 5) is 0. The predicted octanol–water partition coefficient (Wildman–Crippen LogP) is 3.67. The lowest BCUT2D eigenvalue weighted by Gasteiger charge is -2.58. The van der Waals surface area contributed by atoms with Gasteiger partial charge in [0.25, 0.3) is 0 Å². The molecule has 4 aliphatic carbocycles. The Kier molecular flexibility index (Phi) is 1.84. The Balaban J connectivity index is 1.66. The highest BCUT2D eigenvalue weighted by Crippen LogP contribution is 2.62. The molecule has 1 heteroatoms. The molecule has 1 nitrogen and oxygen atoms in total. The molecule has 0 N–H and O–H groups in total. The summed E-state index contributed by atoms with van der Waals surface area (Å²) in [6, 6.07) is 0. The van der Waals surface area contributed by atoms with Gasteiger partial charge in [-0.05, 0) is 68.4 Å². The SMILES string of the molecule is C1=COC(C23CC4CC(CC(C4)C2)C3)C=C1. The number of hydrogen-bond acceptors (Lipinski definition) is 1. The van der Waals surface area contributed by atoms with Crippen molar-refractivity contribution >= 4 is 0 Å². The Morgan fingerprint density at radius 3 is 2.00 bits per heavy atom. The van der Waals surface area contributed by atoms with Gasteiger partial charge in [-0.3, -0.25) is 0 Å². The normalized spacial score (nSPS) is 53.0. The molecule has 4 bridgehead atoms. The molecule has 0 spiro atoms. The minimum absolute atomic E-state index is 0.380. The molecule has 0 aromatic rings. The van der Waals surface area contributed by atoms with Crippen LogP contribution in [0.5, 0.6) is 0 Å². The van der Waals surface area contributed by atoms with Gasteiger partial charge in [0.2, 0.25) is 0 Å². The van der Waals surface area contributed by atoms with Crippen LogP contribution in [0.1, 0.15) is 38.5 Å². The van der Waals surface area contributed by atoms with Gasteiger partial charge >= 0.3 is 0 Å². The Morgan fingerprint density at radius 2 is 1.50 bits per heavy atom. The summed E-state index contributed by atoms with van der Waals surface area (Å²) in [6.07, 6.45) is 17.6. The van der Waals surface area contributed by atoms with Gasteiger partial charge in [0.05, 0.1) is 6.26 Å². The number of rotatable bonds is 1. The molecule has 4 fully saturated rings. The molecule has 1 atom stereocenters. The lowest BCUT2D eigenvalue weighted by atomic mass is 9.48. The molecule has 0 amide bonds. The van der Waals surface area contributed by atoms with Crippen molar-refractivity contribution in [3.05, 3.63) is 24.5 Å². The topological polar surface area (TPSA) is 9.23 Å². The minimum atomic E-state index is 0.380. The summed E-state index contributed by atoms with van der Waals surface area (Å²) in [7, 11) is 0. The van der Waals surface area contributed by atoms with Crippen LogP contribution in [0.4, 0.5) is 0 Å². The summed E-state index contributed by atoms with van der Waals surface area (Å²) in [5, 5.41) is 0. The van der Waals surface area contributed by atoms with Crippen molar-refractivity contribution in [3.63, 3.8) is 0 Å². The third-order valence-electron chi connectivity index (χ3n) is 5.39. The predicted molar refractivity (Wildman–Crippen MR) is 63.8 cm³/mol. The van der Waals surface area contributed by atoms with Crippen molar-refractivity contribution < 1.29 is 4.74 Å². The molecule has 1 heterocycles. The van der Waals surface area contributed by atoms with Crippen LogP contribution in [0, 0.1) is 23.2 Å². The van der Waals surface area contributed by atoms with Gasteiger partial charge in [-0.15, -0.1) is 0 Å². The van der Waals surface area contributed by atoms with E-state index in [0.717, 1.165) is 17.8 Å². The third-order valence-corrected chi connectivity index (χ3v) is 5.39. The van der Waals surface area contributed by atoms with Crippen molar-refractivity contribution in [1.29, 1.82) is 0 Å². The first kappa shape index (κ1) is 9.32. The van der Waals surface area contributed by atoms with Gasteiger partial charge in [-0.2, -0.15) is 0 Å². The fourth-order valence-electron chi connectivity index (χ4n) is 5.26. The molecule has 86 valence electrons. The number of ether oxygens (including phenoxy) is 1. The van der Waals surface area contributed by atoms with Crippen molar-refractivity contribution in [2.75, 3.05) is 0 Å². The van der Waals surface area contributed by atoms with E-state index in [4.69, 9.17) is 4.74 Å². The fourth-order valence-corrected chi connectivity index (χ4v) is 5.26. The van der Waals surface area contributed by atoms with Gasteiger partial charge in [-0.1, -0.05) is 6.08 Å². The zero-order valence-corrected chi connectivity index (χ0v) is 9.77. The van der Waals surface area contributed by atoms with Gasteiger partial charge in [0, 0.05) is 5.41 Å². The second-order valence-electron chi connectivity index (χ2n) is 6.55. The molecular weight excluding hydrogens is 196 g/mol. The minimum Gasteiger partial charge on any atom is -0.493 e. The number of allylic oxidation sites excluding steroid dienone is 2. The maximum absolute atomic E-state index is 5.90. The first-order valence-corrected chi connectivity index (χ1v) is 6.83. The van der Waals surface area contributed by atoms with Crippen LogP contribution in [0.2, 0.25) is 0 Å². The molecule has 0 aromatic heterocycles. The van der Waals surface area contributed by atoms with Gasteiger partial charge < -0.3 is 4.74 Å². The average molecular weight is 216 g/mol. The summed E-state index contributed by atoms with van der Waals surface area (Å²) < 4.78 is 5.90. The summed E-state index contributed by atoms with van der Waals surface area (Å²) in [5.41, 5.74) is 0.510. The first-order valence-electron chi connectivity index (χ1n) is 6.83. The Bertz CT molecular complexity index is 317. The van der Waals surface area contributed by atoms with E-state index in [-0.39, 0.29) is 0 Å². The van der Waals surface area contributed by atoms with Crippen LogP contribution in [0.3, 0.4) is 0 Å². The quantitative estimate of drug-likeness (QED) is 0.650. The molecule has 4 saturated carbocycles. The van der Waals surface area contributed by atoms with E-state index in [1.54, 1.807) is 0 Å². The molecule has 1 aliphatic heterocycles. The Morgan fingerprint density at radius 1 is 0.875 bits per heavy atom. The summed E-state index contributed by atoms with van der Waals surface area (Å²) >= 11 is 0. The highest BCUT2D eigenvalue weighted by atomic mass is 16.5. The van der Waals surface area contributed by atoms with E-state index in [2.05, 4.69) is 12.2 Å². The molecule has 5 rings (SSSR count). The zero-order valence-electron chi connectivity index (χ0n) is 9.77. The lowest BCUT2D eigenvalue weighted by Crippen LogP contribution is -2.51. The molecule has 16 heavy (non-hydrogen) atoms. The molecular formula is C15H20O. The first-order chi connectivity index (χ1) is 7.84. The molecule has 0 saturated heterocycles. The van der Waals surface area contributed by atoms with Crippen molar-refractivity contribution in [3.8, 4) is 0 Å². The second kappa shape index (κ2) is 3.15. The smallest absolute Gasteiger partial charge is 0.122 e. The standard InChI is InChI=1S/C15H20O/c1-2-4-16-14(3-1)15-8-11-5-12(9-15)7-13(6-11)10-15/h1-4,11-14H,5-10H2. The highest BCUT2D eigenvalue weighted by Gasteiger charge is 2.54. The van der Waals surface area contributed by atoms with E-state index < -0.39 is 0 Å². The van der Waals surface area contributed by atoms with E-state index in [1.165, 1.54) is 38.5 Å². The van der Waals surface area contributed by atoms with Crippen LogP contribution in [0.15, 0.2) is 24.5 Å². The van der Waals surface area contributed by atoms with Crippen molar-refractivity contribution in [2.24, 2.45) is 23.2 Å². The van der Waals surface area contributed by atoms with Crippen molar-refractivity contribution in [1.82, 2.24) is 0 Å². The molecule has 0 radical (unpaired) electrons. The van der Waals surface area contributed by atoms with E-state index >= 15 is 0 Å². The van der Waals surface area contributed by atoms with Crippen LogP contribution >= 0.6 is 0 Å². The second-order valence-corrected chi connectivity index (χ2v) is 6.55.